The molecule has 5 N–H and O–H groups in total. The predicted octanol–water partition coefficient (Wildman–Crippen LogP) is 5.12. The molecule has 7 heteroatoms. The zero-order chi connectivity index (χ0) is 25.3. The largest absolute Gasteiger partial charge is 0.398 e. The number of fused-ring (bicyclic) bond motifs is 2. The molecule has 0 saturated heterocycles. The number of nitrogens with two attached hydrogens (primary N) is 2. The topological polar surface area (TPSA) is 124 Å². The molecule has 0 saturated carbocycles. The predicted molar refractivity (Wildman–Crippen MR) is 142 cm³/mol. The van der Waals surface area contributed by atoms with Crippen molar-refractivity contribution >= 4 is 50.6 Å². The SMILES string of the molecule is CCC(CC)(C(=O)Cc1ccc2nc(C)cc(N)c2c1)C(=O)Nc1ccc2nc(C)cc(N)c2c1. The molecule has 1 amide bonds. The highest BCUT2D eigenvalue weighted by molar-refractivity contribution is 6.12. The number of Topliss-reactive ketones (excluding diaryl/α,β-unsaturated/α-hetero) is 1. The van der Waals surface area contributed by atoms with Crippen LogP contribution < -0.4 is 16.8 Å². The van der Waals surface area contributed by atoms with Crippen LogP contribution in [0.2, 0.25) is 0 Å². The van der Waals surface area contributed by atoms with Gasteiger partial charge in [-0.05, 0) is 74.7 Å². The lowest BCUT2D eigenvalue weighted by Gasteiger charge is -2.29. The molecule has 0 atom stereocenters. The molecule has 0 spiro atoms. The number of carbonyl (C=O) groups excluding carboxylic acids is 2. The molecule has 7 nitrogen and oxygen atoms in total. The number of amides is 1. The average molecular weight is 470 g/mol. The van der Waals surface area contributed by atoms with Crippen molar-refractivity contribution in [3.63, 3.8) is 0 Å². The number of benzene rings is 2. The first-order valence-corrected chi connectivity index (χ1v) is 11.8. The lowest BCUT2D eigenvalue weighted by molar-refractivity contribution is -0.139. The number of aromatic nitrogens is 2. The number of nitrogen functional groups attached to an aromatic ring is 2. The van der Waals surface area contributed by atoms with Gasteiger partial charge < -0.3 is 16.8 Å². The highest BCUT2D eigenvalue weighted by atomic mass is 16.2. The molecule has 4 rings (SSSR count). The van der Waals surface area contributed by atoms with Crippen molar-refractivity contribution in [3.8, 4) is 0 Å². The Bertz CT molecular complexity index is 1350. The van der Waals surface area contributed by atoms with E-state index in [-0.39, 0.29) is 18.1 Å². The molecule has 0 fully saturated rings. The Balaban J connectivity index is 1.61. The van der Waals surface area contributed by atoms with Gasteiger partial charge in [-0.3, -0.25) is 19.6 Å². The molecular weight excluding hydrogens is 438 g/mol. The van der Waals surface area contributed by atoms with Gasteiger partial charge in [-0.25, -0.2) is 0 Å². The van der Waals surface area contributed by atoms with Crippen LogP contribution >= 0.6 is 0 Å². The minimum absolute atomic E-state index is 0.129. The number of anilines is 3. The molecule has 0 bridgehead atoms. The number of hydrogen-bond donors (Lipinski definition) is 3. The second-order valence-corrected chi connectivity index (χ2v) is 9.13. The maximum atomic E-state index is 13.6. The van der Waals surface area contributed by atoms with E-state index >= 15 is 0 Å². The highest BCUT2D eigenvalue weighted by Gasteiger charge is 2.42. The number of nitrogens with zero attached hydrogens (tertiary/aromatic N) is 2. The van der Waals surface area contributed by atoms with Gasteiger partial charge in [0.15, 0.2) is 5.78 Å². The smallest absolute Gasteiger partial charge is 0.238 e. The van der Waals surface area contributed by atoms with Gasteiger partial charge in [0.05, 0.1) is 11.0 Å². The van der Waals surface area contributed by atoms with E-state index in [4.69, 9.17) is 11.5 Å². The van der Waals surface area contributed by atoms with E-state index in [0.29, 0.717) is 29.9 Å². The summed E-state index contributed by atoms with van der Waals surface area (Å²) in [5.74, 6) is -0.446. The summed E-state index contributed by atoms with van der Waals surface area (Å²) in [6.45, 7) is 7.52. The summed E-state index contributed by atoms with van der Waals surface area (Å²) in [6.07, 6.45) is 0.911. The van der Waals surface area contributed by atoms with Crippen LogP contribution in [-0.2, 0) is 16.0 Å². The molecule has 35 heavy (non-hydrogen) atoms. The van der Waals surface area contributed by atoms with Crippen molar-refractivity contribution < 1.29 is 9.59 Å². The highest BCUT2D eigenvalue weighted by Crippen LogP contribution is 2.33. The number of hydrogen-bond acceptors (Lipinski definition) is 6. The minimum Gasteiger partial charge on any atom is -0.398 e. The van der Waals surface area contributed by atoms with Crippen LogP contribution in [0.25, 0.3) is 21.8 Å². The van der Waals surface area contributed by atoms with Gasteiger partial charge in [0, 0.05) is 45.6 Å². The van der Waals surface area contributed by atoms with Crippen LogP contribution in [-0.4, -0.2) is 21.7 Å². The molecule has 0 radical (unpaired) electrons. The second-order valence-electron chi connectivity index (χ2n) is 9.13. The first-order valence-electron chi connectivity index (χ1n) is 11.8. The molecule has 0 unspecified atom stereocenters. The monoisotopic (exact) mass is 469 g/mol. The summed E-state index contributed by atoms with van der Waals surface area (Å²) in [5.41, 5.74) is 17.0. The zero-order valence-electron chi connectivity index (χ0n) is 20.6. The van der Waals surface area contributed by atoms with Crippen molar-refractivity contribution in [1.29, 1.82) is 0 Å². The summed E-state index contributed by atoms with van der Waals surface area (Å²) >= 11 is 0. The van der Waals surface area contributed by atoms with E-state index in [9.17, 15) is 9.59 Å². The van der Waals surface area contributed by atoms with Crippen molar-refractivity contribution in [3.05, 3.63) is 65.5 Å². The minimum atomic E-state index is -1.15. The fraction of sp³-hybridized carbons (Fsp3) is 0.286. The molecule has 2 aromatic heterocycles. The Morgan fingerprint density at radius 2 is 1.37 bits per heavy atom. The molecule has 0 aliphatic rings. The molecular formula is C28H31N5O2. The van der Waals surface area contributed by atoms with Crippen LogP contribution in [0.3, 0.4) is 0 Å². The van der Waals surface area contributed by atoms with E-state index in [2.05, 4.69) is 15.3 Å². The second kappa shape index (κ2) is 9.33. The zero-order valence-corrected chi connectivity index (χ0v) is 20.6. The Kier molecular flexibility index (Phi) is 6.43. The van der Waals surface area contributed by atoms with Gasteiger partial charge in [0.1, 0.15) is 5.41 Å². The van der Waals surface area contributed by atoms with E-state index in [1.54, 1.807) is 18.2 Å². The summed E-state index contributed by atoms with van der Waals surface area (Å²) < 4.78 is 0. The van der Waals surface area contributed by atoms with Crippen molar-refractivity contribution in [2.45, 2.75) is 47.0 Å². The van der Waals surface area contributed by atoms with Crippen LogP contribution in [0.1, 0.15) is 43.6 Å². The van der Waals surface area contributed by atoms with Gasteiger partial charge in [-0.2, -0.15) is 0 Å². The maximum Gasteiger partial charge on any atom is 0.238 e. The lowest BCUT2D eigenvalue weighted by Crippen LogP contribution is -2.43. The number of rotatable bonds is 7. The third-order valence-electron chi connectivity index (χ3n) is 6.80. The molecule has 0 aliphatic carbocycles. The number of carbonyl (C=O) groups is 2. The van der Waals surface area contributed by atoms with E-state index in [1.165, 1.54) is 0 Å². The fourth-order valence-corrected chi connectivity index (χ4v) is 4.71. The Labute approximate surface area is 204 Å². The lowest BCUT2D eigenvalue weighted by atomic mass is 9.75. The summed E-state index contributed by atoms with van der Waals surface area (Å²) in [6, 6.07) is 14.7. The van der Waals surface area contributed by atoms with E-state index in [0.717, 1.165) is 38.8 Å². The van der Waals surface area contributed by atoms with E-state index in [1.807, 2.05) is 58.0 Å². The molecule has 4 aromatic rings. The average Bonchev–Trinajstić information content (AvgIpc) is 2.81. The van der Waals surface area contributed by atoms with Gasteiger partial charge in [-0.15, -0.1) is 0 Å². The van der Waals surface area contributed by atoms with Gasteiger partial charge in [0.2, 0.25) is 5.91 Å². The van der Waals surface area contributed by atoms with Crippen LogP contribution in [0.15, 0.2) is 48.5 Å². The molecule has 180 valence electrons. The van der Waals surface area contributed by atoms with Crippen molar-refractivity contribution in [2.24, 2.45) is 5.41 Å². The van der Waals surface area contributed by atoms with Crippen LogP contribution in [0.5, 0.6) is 0 Å². The quantitative estimate of drug-likeness (QED) is 0.323. The Morgan fingerprint density at radius 3 is 1.94 bits per heavy atom. The van der Waals surface area contributed by atoms with Gasteiger partial charge in [0.25, 0.3) is 0 Å². The van der Waals surface area contributed by atoms with Gasteiger partial charge in [-0.1, -0.05) is 19.9 Å². The first-order chi connectivity index (χ1) is 16.7. The first kappa shape index (κ1) is 24.1. The Morgan fingerprint density at radius 1 is 0.829 bits per heavy atom. The summed E-state index contributed by atoms with van der Waals surface area (Å²) in [7, 11) is 0. The number of aryl methyl sites for hydroxylation is 2. The molecule has 0 aliphatic heterocycles. The number of nitrogens with one attached hydrogen (secondary N) is 1. The standard InChI is InChI=1S/C28H31N5O2/c1-5-28(6-2,26(34)14-18-7-9-24-20(13-18)22(29)11-16(3)31-24)27(35)33-19-8-10-25-21(15-19)23(30)12-17(4)32-25/h7-13,15H,5-6,14H2,1-4H3,(H2,29,31)(H2,30,32)(H,33,35). The molecule has 2 heterocycles. The maximum absolute atomic E-state index is 13.6. The van der Waals surface area contributed by atoms with Gasteiger partial charge >= 0.3 is 0 Å². The summed E-state index contributed by atoms with van der Waals surface area (Å²) in [5, 5.41) is 4.52. The summed E-state index contributed by atoms with van der Waals surface area (Å²) in [4.78, 5) is 36.1. The van der Waals surface area contributed by atoms with Crippen molar-refractivity contribution in [2.75, 3.05) is 16.8 Å². The fourth-order valence-electron chi connectivity index (χ4n) is 4.71. The third kappa shape index (κ3) is 4.54. The Hall–Kier alpha value is -4.00. The van der Waals surface area contributed by atoms with E-state index < -0.39 is 5.41 Å². The van der Waals surface area contributed by atoms with Crippen LogP contribution in [0, 0.1) is 19.3 Å². The molecule has 2 aromatic carbocycles. The van der Waals surface area contributed by atoms with Crippen molar-refractivity contribution in [1.82, 2.24) is 9.97 Å². The number of pyridine rings is 2. The normalized spacial score (nSPS) is 11.7. The van der Waals surface area contributed by atoms with Crippen LogP contribution in [0.4, 0.5) is 17.1 Å². The number of ketones is 1. The third-order valence-corrected chi connectivity index (χ3v) is 6.80.